The van der Waals surface area contributed by atoms with Crippen LogP contribution in [-0.4, -0.2) is 48.3 Å². The van der Waals surface area contributed by atoms with E-state index in [0.29, 0.717) is 25.3 Å². The topological polar surface area (TPSA) is 59.0 Å². The highest BCUT2D eigenvalue weighted by atomic mass is 16.5. The Morgan fingerprint density at radius 3 is 2.35 bits per heavy atom. The molecule has 1 N–H and O–H groups in total. The van der Waals surface area contributed by atoms with E-state index in [1.807, 2.05) is 54.6 Å². The predicted octanol–water partition coefficient (Wildman–Crippen LogP) is 2.67. The van der Waals surface area contributed by atoms with Gasteiger partial charge < -0.3 is 19.5 Å². The third kappa shape index (κ3) is 4.55. The van der Waals surface area contributed by atoms with Crippen LogP contribution in [-0.2, 0) is 11.2 Å². The minimum Gasteiger partial charge on any atom is -0.493 e. The van der Waals surface area contributed by atoms with Gasteiger partial charge in [-0.05, 0) is 17.7 Å². The maximum Gasteiger partial charge on any atom is 0.251 e. The van der Waals surface area contributed by atoms with E-state index in [4.69, 9.17) is 9.47 Å². The van der Waals surface area contributed by atoms with Crippen molar-refractivity contribution in [2.24, 2.45) is 0 Å². The lowest BCUT2D eigenvalue weighted by Gasteiger charge is -2.33. The number of benzene rings is 2. The van der Waals surface area contributed by atoms with Gasteiger partial charge in [0, 0.05) is 32.4 Å². The molecule has 0 radical (unpaired) electrons. The average Bonchev–Trinajstić information content (AvgIpc) is 2.69. The fourth-order valence-corrected chi connectivity index (χ4v) is 3.23. The van der Waals surface area contributed by atoms with Crippen LogP contribution in [0, 0.1) is 0 Å². The van der Waals surface area contributed by atoms with Crippen molar-refractivity contribution in [1.29, 1.82) is 0 Å². The van der Waals surface area contributed by atoms with Gasteiger partial charge in [-0.2, -0.15) is 0 Å². The molecule has 2 aromatic rings. The Labute approximate surface area is 154 Å². The molecule has 1 atom stereocenters. The zero-order valence-corrected chi connectivity index (χ0v) is 15.0. The van der Waals surface area contributed by atoms with Gasteiger partial charge in [0.1, 0.15) is 12.2 Å². The van der Waals surface area contributed by atoms with Crippen LogP contribution in [0.15, 0.2) is 54.6 Å². The summed E-state index contributed by atoms with van der Waals surface area (Å²) in [6.45, 7) is 1.18. The minimum atomic E-state index is -0.996. The number of likely N-dealkylation sites (tertiary alicyclic amines) is 1. The number of rotatable bonds is 6. The Balaban J connectivity index is 1.50. The second-order valence-corrected chi connectivity index (χ2v) is 6.50. The summed E-state index contributed by atoms with van der Waals surface area (Å²) in [6.07, 6.45) is 0.867. The molecule has 1 aliphatic heterocycles. The number of aliphatic hydroxyl groups is 1. The molecule has 0 aliphatic carbocycles. The SMILES string of the molecule is COc1ccccc1OC1CCN(C(=O)C(O)Cc2ccccc2)CC1. The molecule has 1 heterocycles. The fourth-order valence-electron chi connectivity index (χ4n) is 3.23. The summed E-state index contributed by atoms with van der Waals surface area (Å²) < 4.78 is 11.3. The summed E-state index contributed by atoms with van der Waals surface area (Å²) in [4.78, 5) is 14.2. The summed E-state index contributed by atoms with van der Waals surface area (Å²) in [5, 5.41) is 10.3. The zero-order valence-electron chi connectivity index (χ0n) is 15.0. The van der Waals surface area contributed by atoms with E-state index in [-0.39, 0.29) is 12.0 Å². The third-order valence-corrected chi connectivity index (χ3v) is 4.67. The lowest BCUT2D eigenvalue weighted by Crippen LogP contribution is -2.46. The van der Waals surface area contributed by atoms with Gasteiger partial charge in [-0.1, -0.05) is 42.5 Å². The molecule has 2 aromatic carbocycles. The largest absolute Gasteiger partial charge is 0.493 e. The van der Waals surface area contributed by atoms with Crippen molar-refractivity contribution in [2.75, 3.05) is 20.2 Å². The Kier molecular flexibility index (Phi) is 6.12. The predicted molar refractivity (Wildman–Crippen MR) is 99.4 cm³/mol. The molecular formula is C21H25NO4. The highest BCUT2D eigenvalue weighted by Gasteiger charge is 2.28. The first kappa shape index (κ1) is 18.3. The number of aliphatic hydroxyl groups excluding tert-OH is 1. The van der Waals surface area contributed by atoms with Crippen LogP contribution in [0.2, 0.25) is 0 Å². The number of ether oxygens (including phenoxy) is 2. The number of hydrogen-bond donors (Lipinski definition) is 1. The van der Waals surface area contributed by atoms with Gasteiger partial charge in [-0.15, -0.1) is 0 Å². The molecule has 5 heteroatoms. The summed E-state index contributed by atoms with van der Waals surface area (Å²) in [5.74, 6) is 1.23. The Morgan fingerprint density at radius 1 is 1.08 bits per heavy atom. The van der Waals surface area contributed by atoms with E-state index in [1.54, 1.807) is 12.0 Å². The monoisotopic (exact) mass is 355 g/mol. The quantitative estimate of drug-likeness (QED) is 0.865. The van der Waals surface area contributed by atoms with Gasteiger partial charge in [-0.3, -0.25) is 4.79 Å². The number of methoxy groups -OCH3 is 1. The normalized spacial score (nSPS) is 16.2. The second-order valence-electron chi connectivity index (χ2n) is 6.50. The summed E-state index contributed by atoms with van der Waals surface area (Å²) in [7, 11) is 1.62. The zero-order chi connectivity index (χ0) is 18.4. The standard InChI is InChI=1S/C21H25NO4/c1-25-19-9-5-6-10-20(19)26-17-11-13-22(14-12-17)21(24)18(23)15-16-7-3-2-4-8-16/h2-10,17-18,23H,11-15H2,1H3. The van der Waals surface area contributed by atoms with Crippen molar-refractivity contribution < 1.29 is 19.4 Å². The molecule has 1 amide bonds. The van der Waals surface area contributed by atoms with Crippen LogP contribution in [0.5, 0.6) is 11.5 Å². The summed E-state index contributed by atoms with van der Waals surface area (Å²) in [5.41, 5.74) is 0.961. The first-order valence-electron chi connectivity index (χ1n) is 8.98. The van der Waals surface area contributed by atoms with Gasteiger partial charge in [0.05, 0.1) is 7.11 Å². The molecule has 138 valence electrons. The minimum absolute atomic E-state index is 0.0432. The molecule has 0 bridgehead atoms. The second kappa shape index (κ2) is 8.72. The fraction of sp³-hybridized carbons (Fsp3) is 0.381. The van der Waals surface area contributed by atoms with Gasteiger partial charge >= 0.3 is 0 Å². The third-order valence-electron chi connectivity index (χ3n) is 4.67. The molecule has 1 unspecified atom stereocenters. The van der Waals surface area contributed by atoms with Crippen LogP contribution >= 0.6 is 0 Å². The number of amides is 1. The van der Waals surface area contributed by atoms with Crippen LogP contribution in [0.4, 0.5) is 0 Å². The van der Waals surface area contributed by atoms with Crippen molar-refractivity contribution in [2.45, 2.75) is 31.5 Å². The molecule has 0 aromatic heterocycles. The van der Waals surface area contributed by atoms with E-state index in [9.17, 15) is 9.90 Å². The van der Waals surface area contributed by atoms with Gasteiger partial charge in [-0.25, -0.2) is 0 Å². The van der Waals surface area contributed by atoms with Crippen molar-refractivity contribution in [3.8, 4) is 11.5 Å². The maximum absolute atomic E-state index is 12.5. The average molecular weight is 355 g/mol. The molecule has 1 saturated heterocycles. The van der Waals surface area contributed by atoms with E-state index < -0.39 is 6.10 Å². The number of piperidine rings is 1. The first-order valence-corrected chi connectivity index (χ1v) is 8.98. The molecule has 3 rings (SSSR count). The molecule has 26 heavy (non-hydrogen) atoms. The number of carbonyl (C=O) groups is 1. The molecule has 1 fully saturated rings. The van der Waals surface area contributed by atoms with Gasteiger partial charge in [0.2, 0.25) is 0 Å². The van der Waals surface area contributed by atoms with E-state index in [0.717, 1.165) is 24.2 Å². The van der Waals surface area contributed by atoms with Crippen LogP contribution in [0.25, 0.3) is 0 Å². The van der Waals surface area contributed by atoms with E-state index in [2.05, 4.69) is 0 Å². The number of carbonyl (C=O) groups excluding carboxylic acids is 1. The number of nitrogens with zero attached hydrogens (tertiary/aromatic N) is 1. The maximum atomic E-state index is 12.5. The van der Waals surface area contributed by atoms with Crippen LogP contribution in [0.1, 0.15) is 18.4 Å². The Bertz CT molecular complexity index is 711. The molecule has 0 spiro atoms. The van der Waals surface area contributed by atoms with Gasteiger partial charge in [0.25, 0.3) is 5.91 Å². The van der Waals surface area contributed by atoms with Crippen LogP contribution in [0.3, 0.4) is 0 Å². The van der Waals surface area contributed by atoms with Crippen molar-refractivity contribution in [1.82, 2.24) is 4.90 Å². The van der Waals surface area contributed by atoms with Gasteiger partial charge in [0.15, 0.2) is 11.5 Å². The lowest BCUT2D eigenvalue weighted by molar-refractivity contribution is -0.141. The number of hydrogen-bond acceptors (Lipinski definition) is 4. The van der Waals surface area contributed by atoms with Crippen LogP contribution < -0.4 is 9.47 Å². The molecule has 1 aliphatic rings. The summed E-state index contributed by atoms with van der Waals surface area (Å²) in [6, 6.07) is 17.2. The summed E-state index contributed by atoms with van der Waals surface area (Å²) >= 11 is 0. The van der Waals surface area contributed by atoms with Crippen molar-refractivity contribution in [3.05, 3.63) is 60.2 Å². The van der Waals surface area contributed by atoms with Crippen molar-refractivity contribution >= 4 is 5.91 Å². The van der Waals surface area contributed by atoms with Crippen molar-refractivity contribution in [3.63, 3.8) is 0 Å². The molecule has 0 saturated carbocycles. The molecule has 5 nitrogen and oxygen atoms in total. The van der Waals surface area contributed by atoms with E-state index in [1.165, 1.54) is 0 Å². The highest BCUT2D eigenvalue weighted by Crippen LogP contribution is 2.29. The first-order chi connectivity index (χ1) is 12.7. The Morgan fingerprint density at radius 2 is 1.69 bits per heavy atom. The smallest absolute Gasteiger partial charge is 0.251 e. The molecular weight excluding hydrogens is 330 g/mol. The lowest BCUT2D eigenvalue weighted by atomic mass is 10.0. The highest BCUT2D eigenvalue weighted by molar-refractivity contribution is 5.81. The Hall–Kier alpha value is -2.53. The van der Waals surface area contributed by atoms with E-state index >= 15 is 0 Å². The number of para-hydroxylation sites is 2.